The monoisotopic (exact) mass is 330 g/mol. The lowest BCUT2D eigenvalue weighted by Crippen LogP contribution is -2.29. The molecule has 0 heterocycles. The zero-order valence-corrected chi connectivity index (χ0v) is 14.0. The van der Waals surface area contributed by atoms with Crippen molar-refractivity contribution in [2.75, 3.05) is 11.9 Å². The molecule has 1 amide bonds. The van der Waals surface area contributed by atoms with Crippen molar-refractivity contribution in [3.05, 3.63) is 41.5 Å². The molecule has 4 rings (SSSR count). The fourth-order valence-electron chi connectivity index (χ4n) is 4.25. The fourth-order valence-corrected chi connectivity index (χ4v) is 4.25. The molecule has 0 spiro atoms. The lowest BCUT2D eigenvalue weighted by atomic mass is 9.95. The summed E-state index contributed by atoms with van der Waals surface area (Å²) in [5.74, 6) is 0.566. The van der Waals surface area contributed by atoms with Gasteiger partial charge in [-0.1, -0.05) is 30.7 Å². The summed E-state index contributed by atoms with van der Waals surface area (Å²) in [5, 5.41) is 5.71. The Kier molecular flexibility index (Phi) is 4.60. The van der Waals surface area contributed by atoms with Gasteiger partial charge in [-0.05, 0) is 60.7 Å². The summed E-state index contributed by atoms with van der Waals surface area (Å²) < 4.78 is 0. The molecule has 0 unspecified atom stereocenters. The number of carbonyl (C=O) groups excluding carboxylic acids is 1. The van der Waals surface area contributed by atoms with Crippen molar-refractivity contribution >= 4 is 34.8 Å². The Balaban J connectivity index is 0.00000156. The van der Waals surface area contributed by atoms with Gasteiger partial charge in [0.15, 0.2) is 0 Å². The van der Waals surface area contributed by atoms with Crippen LogP contribution in [0.3, 0.4) is 0 Å². The van der Waals surface area contributed by atoms with Crippen molar-refractivity contribution < 1.29 is 4.79 Å². The summed E-state index contributed by atoms with van der Waals surface area (Å²) in [4.78, 5) is 12.6. The summed E-state index contributed by atoms with van der Waals surface area (Å²) in [6, 6.07) is 10.7. The number of halogens is 1. The number of anilines is 1. The van der Waals surface area contributed by atoms with Gasteiger partial charge in [0.05, 0.1) is 0 Å². The normalized spacial score (nSPS) is 22.1. The number of nitrogens with two attached hydrogens (primary N) is 1. The van der Waals surface area contributed by atoms with Crippen molar-refractivity contribution in [3.8, 4) is 0 Å². The van der Waals surface area contributed by atoms with Crippen molar-refractivity contribution in [2.24, 2.45) is 17.6 Å². The number of benzene rings is 2. The van der Waals surface area contributed by atoms with Gasteiger partial charge in [0.1, 0.15) is 0 Å². The average molecular weight is 331 g/mol. The molecule has 4 heteroatoms. The molecule has 3 nitrogen and oxygen atoms in total. The number of amides is 1. The van der Waals surface area contributed by atoms with Crippen LogP contribution >= 0.6 is 12.4 Å². The second-order valence-corrected chi connectivity index (χ2v) is 6.63. The molecule has 3 N–H and O–H groups in total. The molecule has 2 aromatic rings. The summed E-state index contributed by atoms with van der Waals surface area (Å²) in [5.41, 5.74) is 9.58. The molecule has 0 aliphatic heterocycles. The number of aryl methyl sites for hydroxylation is 2. The third-order valence-electron chi connectivity index (χ3n) is 5.43. The first-order valence-electron chi connectivity index (χ1n) is 8.32. The molecule has 23 heavy (non-hydrogen) atoms. The molecule has 2 atom stereocenters. The van der Waals surface area contributed by atoms with Crippen molar-refractivity contribution in [1.29, 1.82) is 0 Å². The van der Waals surface area contributed by atoms with Crippen LogP contribution < -0.4 is 11.1 Å². The standard InChI is InChI=1S/C19H22N2O.ClH/c20-11-14-4-2-5-15(14)19(22)21-17-10-9-13-8-7-12-3-1-6-16(17)18(12)13;/h1,3,6,9-10,14-15H,2,4-5,7-8,11,20H2,(H,21,22);1H/t14-,15-;/m1./s1. The second-order valence-electron chi connectivity index (χ2n) is 6.63. The van der Waals surface area contributed by atoms with Gasteiger partial charge in [-0.25, -0.2) is 0 Å². The molecule has 0 aromatic heterocycles. The number of carbonyl (C=O) groups is 1. The minimum atomic E-state index is 0. The van der Waals surface area contributed by atoms with Crippen LogP contribution in [0.15, 0.2) is 30.3 Å². The molecule has 0 saturated heterocycles. The summed E-state index contributed by atoms with van der Waals surface area (Å²) >= 11 is 0. The Morgan fingerprint density at radius 3 is 2.70 bits per heavy atom. The Hall–Kier alpha value is -1.58. The van der Waals surface area contributed by atoms with Gasteiger partial charge in [0.2, 0.25) is 5.91 Å². The quantitative estimate of drug-likeness (QED) is 0.902. The highest BCUT2D eigenvalue weighted by molar-refractivity contribution is 6.05. The van der Waals surface area contributed by atoms with E-state index in [9.17, 15) is 4.79 Å². The highest BCUT2D eigenvalue weighted by Gasteiger charge is 2.32. The van der Waals surface area contributed by atoms with Crippen LogP contribution in [0.5, 0.6) is 0 Å². The predicted octanol–water partition coefficient (Wildman–Crippen LogP) is 3.67. The van der Waals surface area contributed by atoms with Gasteiger partial charge in [0, 0.05) is 17.0 Å². The molecule has 0 radical (unpaired) electrons. The SMILES string of the molecule is Cl.NC[C@H]1CCC[C@H]1C(=O)Nc1ccc2c3c(cccc13)CC2. The van der Waals surface area contributed by atoms with E-state index in [-0.39, 0.29) is 24.2 Å². The fraction of sp³-hybridized carbons (Fsp3) is 0.421. The van der Waals surface area contributed by atoms with Crippen molar-refractivity contribution in [1.82, 2.24) is 0 Å². The zero-order valence-electron chi connectivity index (χ0n) is 13.2. The van der Waals surface area contributed by atoms with E-state index < -0.39 is 0 Å². The van der Waals surface area contributed by atoms with Crippen molar-refractivity contribution in [2.45, 2.75) is 32.1 Å². The second kappa shape index (κ2) is 6.50. The Morgan fingerprint density at radius 1 is 1.13 bits per heavy atom. The maximum atomic E-state index is 12.6. The van der Waals surface area contributed by atoms with E-state index in [4.69, 9.17) is 5.73 Å². The smallest absolute Gasteiger partial charge is 0.227 e. The third kappa shape index (κ3) is 2.73. The highest BCUT2D eigenvalue weighted by atomic mass is 35.5. The van der Waals surface area contributed by atoms with E-state index >= 15 is 0 Å². The first-order chi connectivity index (χ1) is 10.8. The summed E-state index contributed by atoms with van der Waals surface area (Å²) in [6.07, 6.45) is 5.39. The lowest BCUT2D eigenvalue weighted by molar-refractivity contribution is -0.120. The number of hydrogen-bond donors (Lipinski definition) is 2. The van der Waals surface area contributed by atoms with Crippen LogP contribution in [-0.2, 0) is 17.6 Å². The van der Waals surface area contributed by atoms with E-state index in [0.717, 1.165) is 37.8 Å². The van der Waals surface area contributed by atoms with E-state index in [1.165, 1.54) is 21.9 Å². The average Bonchev–Trinajstić information content (AvgIpc) is 3.18. The Bertz CT molecular complexity index is 733. The maximum absolute atomic E-state index is 12.6. The third-order valence-corrected chi connectivity index (χ3v) is 5.43. The molecule has 2 aliphatic carbocycles. The Labute approximate surface area is 143 Å². The Morgan fingerprint density at radius 2 is 1.91 bits per heavy atom. The van der Waals surface area contributed by atoms with Crippen LogP contribution in [0.2, 0.25) is 0 Å². The molecule has 122 valence electrons. The van der Waals surface area contributed by atoms with E-state index in [1.807, 2.05) is 0 Å². The molecule has 2 aliphatic rings. The highest BCUT2D eigenvalue weighted by Crippen LogP contribution is 2.36. The predicted molar refractivity (Wildman–Crippen MR) is 97.1 cm³/mol. The largest absolute Gasteiger partial charge is 0.330 e. The number of rotatable bonds is 3. The lowest BCUT2D eigenvalue weighted by Gasteiger charge is -2.18. The van der Waals surface area contributed by atoms with E-state index in [2.05, 4.69) is 35.6 Å². The van der Waals surface area contributed by atoms with Gasteiger partial charge in [-0.3, -0.25) is 4.79 Å². The molecular formula is C19H23ClN2O. The summed E-state index contributed by atoms with van der Waals surface area (Å²) in [7, 11) is 0. The molecule has 1 fully saturated rings. The van der Waals surface area contributed by atoms with Crippen LogP contribution in [0.25, 0.3) is 10.8 Å². The number of hydrogen-bond acceptors (Lipinski definition) is 2. The topological polar surface area (TPSA) is 55.1 Å². The van der Waals surface area contributed by atoms with Gasteiger partial charge in [-0.2, -0.15) is 0 Å². The molecule has 2 aromatic carbocycles. The van der Waals surface area contributed by atoms with Gasteiger partial charge in [0.25, 0.3) is 0 Å². The van der Waals surface area contributed by atoms with Crippen LogP contribution in [0, 0.1) is 11.8 Å². The van der Waals surface area contributed by atoms with Crippen LogP contribution in [-0.4, -0.2) is 12.5 Å². The van der Waals surface area contributed by atoms with Crippen LogP contribution in [0.1, 0.15) is 30.4 Å². The maximum Gasteiger partial charge on any atom is 0.227 e. The van der Waals surface area contributed by atoms with Gasteiger partial charge >= 0.3 is 0 Å². The van der Waals surface area contributed by atoms with Crippen LogP contribution in [0.4, 0.5) is 5.69 Å². The van der Waals surface area contributed by atoms with Gasteiger partial charge < -0.3 is 11.1 Å². The minimum absolute atomic E-state index is 0. The molecule has 0 bridgehead atoms. The first kappa shape index (κ1) is 16.3. The number of nitrogens with one attached hydrogen (secondary N) is 1. The van der Waals surface area contributed by atoms with Gasteiger partial charge in [-0.15, -0.1) is 12.4 Å². The first-order valence-corrected chi connectivity index (χ1v) is 8.32. The van der Waals surface area contributed by atoms with E-state index in [1.54, 1.807) is 0 Å². The zero-order chi connectivity index (χ0) is 15.1. The molecular weight excluding hydrogens is 308 g/mol. The van der Waals surface area contributed by atoms with E-state index in [0.29, 0.717) is 12.5 Å². The minimum Gasteiger partial charge on any atom is -0.330 e. The summed E-state index contributed by atoms with van der Waals surface area (Å²) in [6.45, 7) is 0.613. The van der Waals surface area contributed by atoms with Crippen molar-refractivity contribution in [3.63, 3.8) is 0 Å². The molecule has 1 saturated carbocycles.